The van der Waals surface area contributed by atoms with E-state index in [1.807, 2.05) is 13.2 Å². The van der Waals surface area contributed by atoms with E-state index in [4.69, 9.17) is 0 Å². The summed E-state index contributed by atoms with van der Waals surface area (Å²) < 4.78 is 0. The number of piperazine rings is 1. The van der Waals surface area contributed by atoms with E-state index in [0.29, 0.717) is 0 Å². The molecule has 1 saturated heterocycles. The zero-order chi connectivity index (χ0) is 17.1. The minimum absolute atomic E-state index is 0.856. The normalized spacial score (nSPS) is 15.0. The molecule has 0 N–H and O–H groups in total. The minimum atomic E-state index is 0.856. The van der Waals surface area contributed by atoms with E-state index >= 15 is 0 Å². The van der Waals surface area contributed by atoms with E-state index < -0.39 is 0 Å². The average molecular weight is 344 g/mol. The van der Waals surface area contributed by atoms with Crippen LogP contribution in [0.1, 0.15) is 23.9 Å². The Labute approximate surface area is 147 Å². The molecule has 1 fully saturated rings. The molecule has 7 heteroatoms. The van der Waals surface area contributed by atoms with Crippen LogP contribution in [0.2, 0.25) is 0 Å². The number of nitrogens with zero attached hydrogens (tertiary/aromatic N) is 6. The second kappa shape index (κ2) is 7.34. The van der Waals surface area contributed by atoms with Crippen molar-refractivity contribution in [3.8, 4) is 0 Å². The van der Waals surface area contributed by atoms with Gasteiger partial charge in [-0.25, -0.2) is 19.9 Å². The Hall–Kier alpha value is -1.89. The topological polar surface area (TPSA) is 58.0 Å². The third-order valence-corrected chi connectivity index (χ3v) is 5.05. The molecule has 0 radical (unpaired) electrons. The van der Waals surface area contributed by atoms with Gasteiger partial charge in [-0.15, -0.1) is 0 Å². The quantitative estimate of drug-likeness (QED) is 0.624. The fraction of sp³-hybridized carbons (Fsp3) is 0.529. The molecule has 0 spiro atoms. The molecular weight excluding hydrogens is 320 g/mol. The molecule has 0 unspecified atom stereocenters. The average Bonchev–Trinajstić information content (AvgIpc) is 2.63. The van der Waals surface area contributed by atoms with E-state index in [-0.39, 0.29) is 0 Å². The summed E-state index contributed by atoms with van der Waals surface area (Å²) in [4.78, 5) is 22.7. The molecule has 0 saturated carbocycles. The summed E-state index contributed by atoms with van der Waals surface area (Å²) in [5.74, 6) is 2.10. The van der Waals surface area contributed by atoms with E-state index in [9.17, 15) is 0 Å². The lowest BCUT2D eigenvalue weighted by molar-refractivity contribution is 0.634. The second-order valence-electron chi connectivity index (χ2n) is 5.94. The highest BCUT2D eigenvalue weighted by Crippen LogP contribution is 2.23. The maximum atomic E-state index is 4.69. The molecule has 0 aromatic carbocycles. The summed E-state index contributed by atoms with van der Waals surface area (Å²) in [5.41, 5.74) is 3.33. The SMILES string of the molecule is CCc1cc(N2CCN(c3ncnc(C)c3C)CC2)nc(SC)n1. The summed E-state index contributed by atoms with van der Waals surface area (Å²) in [6.45, 7) is 10.0. The smallest absolute Gasteiger partial charge is 0.189 e. The van der Waals surface area contributed by atoms with E-state index in [2.05, 4.69) is 49.6 Å². The highest BCUT2D eigenvalue weighted by molar-refractivity contribution is 7.98. The Morgan fingerprint density at radius 2 is 1.75 bits per heavy atom. The van der Waals surface area contributed by atoms with Crippen LogP contribution in [0.4, 0.5) is 11.6 Å². The third kappa shape index (κ3) is 3.45. The van der Waals surface area contributed by atoms with Crippen molar-refractivity contribution in [3.05, 3.63) is 29.3 Å². The van der Waals surface area contributed by atoms with Gasteiger partial charge in [-0.3, -0.25) is 0 Å². The minimum Gasteiger partial charge on any atom is -0.353 e. The molecule has 1 aliphatic heterocycles. The van der Waals surface area contributed by atoms with Gasteiger partial charge in [0.05, 0.1) is 0 Å². The van der Waals surface area contributed by atoms with Crippen molar-refractivity contribution >= 4 is 23.4 Å². The molecule has 24 heavy (non-hydrogen) atoms. The van der Waals surface area contributed by atoms with Gasteiger partial charge < -0.3 is 9.80 Å². The number of thioether (sulfide) groups is 1. The largest absolute Gasteiger partial charge is 0.353 e. The number of rotatable bonds is 4. The summed E-state index contributed by atoms with van der Waals surface area (Å²) in [6, 6.07) is 2.12. The number of aryl methyl sites for hydroxylation is 2. The highest BCUT2D eigenvalue weighted by atomic mass is 32.2. The fourth-order valence-electron chi connectivity index (χ4n) is 2.89. The first-order valence-corrected chi connectivity index (χ1v) is 9.55. The van der Waals surface area contributed by atoms with Crippen molar-refractivity contribution in [2.45, 2.75) is 32.3 Å². The summed E-state index contributed by atoms with van der Waals surface area (Å²) >= 11 is 1.60. The lowest BCUT2D eigenvalue weighted by Crippen LogP contribution is -2.47. The molecule has 6 nitrogen and oxygen atoms in total. The van der Waals surface area contributed by atoms with E-state index in [1.165, 1.54) is 5.56 Å². The van der Waals surface area contributed by atoms with Crippen LogP contribution in [0, 0.1) is 13.8 Å². The van der Waals surface area contributed by atoms with Crippen LogP contribution in [0.15, 0.2) is 17.6 Å². The molecule has 128 valence electrons. The fourth-order valence-corrected chi connectivity index (χ4v) is 3.28. The standard InChI is InChI=1S/C17H24N6S/c1-5-14-10-15(21-17(20-14)24-4)22-6-8-23(9-7-22)16-12(2)13(3)18-11-19-16/h10-11H,5-9H2,1-4H3. The van der Waals surface area contributed by atoms with Gasteiger partial charge in [0.2, 0.25) is 0 Å². The molecular formula is C17H24N6S. The lowest BCUT2D eigenvalue weighted by atomic mass is 10.2. The number of aromatic nitrogens is 4. The van der Waals surface area contributed by atoms with Gasteiger partial charge >= 0.3 is 0 Å². The molecule has 2 aromatic rings. The summed E-state index contributed by atoms with van der Waals surface area (Å²) in [6.07, 6.45) is 4.62. The molecule has 3 rings (SSSR count). The third-order valence-electron chi connectivity index (χ3n) is 4.50. The van der Waals surface area contributed by atoms with Crippen LogP contribution >= 0.6 is 11.8 Å². The first-order chi connectivity index (χ1) is 11.6. The number of hydrogen-bond donors (Lipinski definition) is 0. The van der Waals surface area contributed by atoms with Gasteiger partial charge in [-0.1, -0.05) is 18.7 Å². The van der Waals surface area contributed by atoms with Gasteiger partial charge in [0.15, 0.2) is 5.16 Å². The first-order valence-electron chi connectivity index (χ1n) is 8.32. The van der Waals surface area contributed by atoms with Gasteiger partial charge in [-0.2, -0.15) is 0 Å². The van der Waals surface area contributed by atoms with Crippen molar-refractivity contribution in [1.82, 2.24) is 19.9 Å². The van der Waals surface area contributed by atoms with Gasteiger partial charge in [0.1, 0.15) is 18.0 Å². The van der Waals surface area contributed by atoms with Crippen molar-refractivity contribution < 1.29 is 0 Å². The maximum absolute atomic E-state index is 4.69. The molecule has 1 aliphatic rings. The van der Waals surface area contributed by atoms with Crippen LogP contribution in [0.3, 0.4) is 0 Å². The predicted octanol–water partition coefficient (Wildman–Crippen LogP) is 2.49. The van der Waals surface area contributed by atoms with Crippen molar-refractivity contribution in [1.29, 1.82) is 0 Å². The van der Waals surface area contributed by atoms with Gasteiger partial charge in [0.25, 0.3) is 0 Å². The molecule has 2 aromatic heterocycles. The van der Waals surface area contributed by atoms with Crippen molar-refractivity contribution in [2.24, 2.45) is 0 Å². The highest BCUT2D eigenvalue weighted by Gasteiger charge is 2.21. The predicted molar refractivity (Wildman–Crippen MR) is 99.1 cm³/mol. The van der Waals surface area contributed by atoms with E-state index in [0.717, 1.165) is 60.8 Å². The van der Waals surface area contributed by atoms with Crippen LogP contribution in [0.25, 0.3) is 0 Å². The number of anilines is 2. The zero-order valence-electron chi connectivity index (χ0n) is 14.8. The molecule has 0 amide bonds. The first kappa shape index (κ1) is 17.0. The maximum Gasteiger partial charge on any atom is 0.189 e. The second-order valence-corrected chi connectivity index (χ2v) is 6.71. The van der Waals surface area contributed by atoms with E-state index in [1.54, 1.807) is 18.1 Å². The van der Waals surface area contributed by atoms with Crippen molar-refractivity contribution in [3.63, 3.8) is 0 Å². The molecule has 3 heterocycles. The van der Waals surface area contributed by atoms with Crippen molar-refractivity contribution in [2.75, 3.05) is 42.2 Å². The Morgan fingerprint density at radius 3 is 2.42 bits per heavy atom. The summed E-state index contributed by atoms with van der Waals surface area (Å²) in [7, 11) is 0. The molecule has 0 atom stereocenters. The van der Waals surface area contributed by atoms with Gasteiger partial charge in [-0.05, 0) is 26.5 Å². The number of hydrogen-bond acceptors (Lipinski definition) is 7. The van der Waals surface area contributed by atoms with Crippen LogP contribution in [-0.4, -0.2) is 52.4 Å². The Morgan fingerprint density at radius 1 is 1.04 bits per heavy atom. The Kier molecular flexibility index (Phi) is 5.18. The Bertz CT molecular complexity index is 690. The van der Waals surface area contributed by atoms with Crippen LogP contribution in [-0.2, 0) is 6.42 Å². The lowest BCUT2D eigenvalue weighted by Gasteiger charge is -2.36. The van der Waals surface area contributed by atoms with Crippen LogP contribution in [0.5, 0.6) is 0 Å². The summed E-state index contributed by atoms with van der Waals surface area (Å²) in [5, 5.41) is 0.856. The molecule has 0 bridgehead atoms. The van der Waals surface area contributed by atoms with Crippen LogP contribution < -0.4 is 9.80 Å². The van der Waals surface area contributed by atoms with Gasteiger partial charge in [0, 0.05) is 49.2 Å². The monoisotopic (exact) mass is 344 g/mol. The zero-order valence-corrected chi connectivity index (χ0v) is 15.6. The molecule has 0 aliphatic carbocycles. The Balaban J connectivity index is 1.74.